The lowest BCUT2D eigenvalue weighted by molar-refractivity contribution is -0.144. The molecule has 1 aromatic rings. The molecule has 1 unspecified atom stereocenters. The smallest absolute Gasteiger partial charge is 0.351 e. The fourth-order valence-electron chi connectivity index (χ4n) is 3.23. The lowest BCUT2D eigenvalue weighted by Gasteiger charge is -2.32. The van der Waals surface area contributed by atoms with E-state index in [1.54, 1.807) is 0 Å². The van der Waals surface area contributed by atoms with E-state index in [-0.39, 0.29) is 44.6 Å². The minimum atomic E-state index is -1.57. The number of nitrogens with zero attached hydrogens (tertiary/aromatic N) is 3. The van der Waals surface area contributed by atoms with Gasteiger partial charge in [-0.2, -0.15) is 4.98 Å². The van der Waals surface area contributed by atoms with Crippen LogP contribution in [0.25, 0.3) is 0 Å². The number of hydrogen-bond acceptors (Lipinski definition) is 10. The summed E-state index contributed by atoms with van der Waals surface area (Å²) in [6.07, 6.45) is -6.09. The zero-order valence-electron chi connectivity index (χ0n) is 16.1. The van der Waals surface area contributed by atoms with E-state index >= 15 is 0 Å². The fourth-order valence-corrected chi connectivity index (χ4v) is 3.23. The molecule has 1 aliphatic rings. The average molecular weight is 430 g/mol. The molecule has 0 spiro atoms. The minimum absolute atomic E-state index is 0.0380. The summed E-state index contributed by atoms with van der Waals surface area (Å²) >= 11 is 0. The Hall–Kier alpha value is -2.58. The highest BCUT2D eigenvalue weighted by Gasteiger charge is 2.48. The van der Waals surface area contributed by atoms with Crippen molar-refractivity contribution in [1.29, 1.82) is 0 Å². The predicted molar refractivity (Wildman–Crippen MR) is 100 cm³/mol. The van der Waals surface area contributed by atoms with Crippen molar-refractivity contribution in [1.82, 2.24) is 14.5 Å². The van der Waals surface area contributed by atoms with Crippen molar-refractivity contribution in [3.8, 4) is 0 Å². The number of carbonyl (C=O) groups is 2. The maximum Gasteiger partial charge on any atom is 0.351 e. The number of carboxylic acid groups (broad SMARTS) is 2. The van der Waals surface area contributed by atoms with Crippen molar-refractivity contribution in [2.24, 2.45) is 0 Å². The molecule has 0 aliphatic carbocycles. The first-order valence-electron chi connectivity index (χ1n) is 9.33. The largest absolute Gasteiger partial charge is 0.481 e. The van der Waals surface area contributed by atoms with Crippen molar-refractivity contribution >= 4 is 17.8 Å². The Bertz CT molecular complexity index is 782. The third kappa shape index (κ3) is 5.96. The molecule has 0 saturated carbocycles. The summed E-state index contributed by atoms with van der Waals surface area (Å²) in [5.41, 5.74) is 4.61. The number of rotatable bonds is 11. The Morgan fingerprint density at radius 3 is 2.23 bits per heavy atom. The highest BCUT2D eigenvalue weighted by Crippen LogP contribution is 2.31. The molecular formula is C17H26N4O9. The maximum absolute atomic E-state index is 12.0. The van der Waals surface area contributed by atoms with Gasteiger partial charge < -0.3 is 36.0 Å². The summed E-state index contributed by atoms with van der Waals surface area (Å²) < 4.78 is 6.47. The van der Waals surface area contributed by atoms with Crippen LogP contribution < -0.4 is 11.4 Å². The SMILES string of the molecule is Nc1ccn([C@@H]2O[C@H](C(O)N(CCCC(=O)O)CCCC(=O)O)[C@@H](O)[C@H]2O)c(=O)n1. The van der Waals surface area contributed by atoms with Gasteiger partial charge in [0, 0.05) is 32.1 Å². The van der Waals surface area contributed by atoms with Gasteiger partial charge in [0.25, 0.3) is 0 Å². The van der Waals surface area contributed by atoms with E-state index in [1.807, 2.05) is 0 Å². The van der Waals surface area contributed by atoms with Crippen molar-refractivity contribution in [2.45, 2.75) is 56.5 Å². The van der Waals surface area contributed by atoms with Gasteiger partial charge in [0.15, 0.2) is 6.23 Å². The van der Waals surface area contributed by atoms with Gasteiger partial charge in [-0.15, -0.1) is 0 Å². The molecule has 1 aromatic heterocycles. The summed E-state index contributed by atoms with van der Waals surface area (Å²) in [5.74, 6) is -2.10. The number of hydrogen-bond donors (Lipinski definition) is 6. The Balaban J connectivity index is 2.14. The molecular weight excluding hydrogens is 404 g/mol. The van der Waals surface area contributed by atoms with Gasteiger partial charge in [0.2, 0.25) is 0 Å². The van der Waals surface area contributed by atoms with Crippen LogP contribution in [0.4, 0.5) is 5.82 Å². The molecule has 13 nitrogen and oxygen atoms in total. The number of ether oxygens (including phenoxy) is 1. The highest BCUT2D eigenvalue weighted by atomic mass is 16.6. The molecule has 1 fully saturated rings. The second-order valence-electron chi connectivity index (χ2n) is 6.96. The van der Waals surface area contributed by atoms with Crippen LogP contribution >= 0.6 is 0 Å². The van der Waals surface area contributed by atoms with Gasteiger partial charge >= 0.3 is 17.6 Å². The van der Waals surface area contributed by atoms with E-state index in [2.05, 4.69) is 4.98 Å². The second-order valence-corrected chi connectivity index (χ2v) is 6.96. The monoisotopic (exact) mass is 430 g/mol. The van der Waals surface area contributed by atoms with Crippen LogP contribution in [0.2, 0.25) is 0 Å². The average Bonchev–Trinajstić information content (AvgIpc) is 2.94. The summed E-state index contributed by atoms with van der Waals surface area (Å²) in [6, 6.07) is 1.30. The molecule has 7 N–H and O–H groups in total. The topological polar surface area (TPSA) is 209 Å². The van der Waals surface area contributed by atoms with E-state index in [0.717, 1.165) is 4.57 Å². The normalized spacial score (nSPS) is 24.8. The third-order valence-corrected chi connectivity index (χ3v) is 4.74. The number of anilines is 1. The summed E-state index contributed by atoms with van der Waals surface area (Å²) in [4.78, 5) is 38.4. The summed E-state index contributed by atoms with van der Waals surface area (Å²) in [7, 11) is 0. The number of aliphatic hydroxyl groups is 3. The van der Waals surface area contributed by atoms with E-state index in [1.165, 1.54) is 17.2 Å². The van der Waals surface area contributed by atoms with E-state index < -0.39 is 48.4 Å². The molecule has 5 atom stereocenters. The number of aliphatic carboxylic acids is 2. The Morgan fingerprint density at radius 1 is 1.17 bits per heavy atom. The molecule has 168 valence electrons. The molecule has 13 heteroatoms. The maximum atomic E-state index is 12.0. The number of nitrogens with two attached hydrogens (primary N) is 1. The Labute approximate surface area is 170 Å². The molecule has 2 heterocycles. The van der Waals surface area contributed by atoms with Crippen LogP contribution in [0, 0.1) is 0 Å². The quantitative estimate of drug-likeness (QED) is 0.207. The van der Waals surface area contributed by atoms with E-state index in [0.29, 0.717) is 0 Å². The van der Waals surface area contributed by atoms with Gasteiger partial charge in [-0.05, 0) is 18.9 Å². The van der Waals surface area contributed by atoms with Crippen LogP contribution in [0.5, 0.6) is 0 Å². The fraction of sp³-hybridized carbons (Fsp3) is 0.647. The zero-order valence-corrected chi connectivity index (χ0v) is 16.1. The van der Waals surface area contributed by atoms with Crippen LogP contribution in [-0.4, -0.2) is 89.6 Å². The van der Waals surface area contributed by atoms with Gasteiger partial charge in [-0.25, -0.2) is 4.79 Å². The first-order chi connectivity index (χ1) is 14.1. The molecule has 0 amide bonds. The first-order valence-corrected chi connectivity index (χ1v) is 9.33. The number of aliphatic hydroxyl groups excluding tert-OH is 3. The molecule has 30 heavy (non-hydrogen) atoms. The Kier molecular flexibility index (Phi) is 8.25. The van der Waals surface area contributed by atoms with E-state index in [9.17, 15) is 29.7 Å². The van der Waals surface area contributed by atoms with Crippen LogP contribution in [-0.2, 0) is 14.3 Å². The molecule has 0 aromatic carbocycles. The molecule has 2 rings (SSSR count). The van der Waals surface area contributed by atoms with Gasteiger partial charge in [0.05, 0.1) is 0 Å². The second kappa shape index (κ2) is 10.4. The Morgan fingerprint density at radius 2 is 1.73 bits per heavy atom. The van der Waals surface area contributed by atoms with Gasteiger partial charge in [-0.3, -0.25) is 19.1 Å². The molecule has 0 radical (unpaired) electrons. The van der Waals surface area contributed by atoms with Crippen molar-refractivity contribution in [3.05, 3.63) is 22.7 Å². The standard InChI is InChI=1S/C17H26N4O9/c18-9-5-8-21(17(29)19-9)16-13(27)12(26)14(30-16)15(28)20(6-1-3-10(22)23)7-2-4-11(24)25/h5,8,12-16,26-28H,1-4,6-7H2,(H,22,23)(H,24,25)(H2,18,19,29)/t12-,13+,14-,15?,16+/m0/s1. The van der Waals surface area contributed by atoms with Crippen LogP contribution in [0.15, 0.2) is 17.1 Å². The zero-order chi connectivity index (χ0) is 22.4. The number of aromatic nitrogens is 2. The summed E-state index contributed by atoms with van der Waals surface area (Å²) in [5, 5.41) is 49.0. The first kappa shape index (κ1) is 23.7. The number of carboxylic acids is 2. The third-order valence-electron chi connectivity index (χ3n) is 4.74. The molecule has 0 bridgehead atoms. The van der Waals surface area contributed by atoms with Crippen molar-refractivity contribution in [2.75, 3.05) is 18.8 Å². The van der Waals surface area contributed by atoms with Crippen LogP contribution in [0.3, 0.4) is 0 Å². The van der Waals surface area contributed by atoms with Gasteiger partial charge in [-0.1, -0.05) is 0 Å². The summed E-state index contributed by atoms with van der Waals surface area (Å²) in [6.45, 7) is 0.174. The predicted octanol–water partition coefficient (Wildman–Crippen LogP) is -2.21. The molecule has 1 saturated heterocycles. The van der Waals surface area contributed by atoms with Crippen molar-refractivity contribution < 1.29 is 39.9 Å². The highest BCUT2D eigenvalue weighted by molar-refractivity contribution is 5.66. The van der Waals surface area contributed by atoms with Crippen LogP contribution in [0.1, 0.15) is 31.9 Å². The lowest BCUT2D eigenvalue weighted by Crippen LogP contribution is -2.49. The van der Waals surface area contributed by atoms with E-state index in [4.69, 9.17) is 20.7 Å². The molecule has 1 aliphatic heterocycles. The lowest BCUT2D eigenvalue weighted by atomic mass is 10.1. The number of nitrogen functional groups attached to an aromatic ring is 1. The van der Waals surface area contributed by atoms with Gasteiger partial charge in [0.1, 0.15) is 30.4 Å². The minimum Gasteiger partial charge on any atom is -0.481 e. The van der Waals surface area contributed by atoms with Crippen molar-refractivity contribution in [3.63, 3.8) is 0 Å².